The Hall–Kier alpha value is -1.40. The molecule has 1 unspecified atom stereocenters. The Morgan fingerprint density at radius 1 is 1.42 bits per heavy atom. The van der Waals surface area contributed by atoms with E-state index in [9.17, 15) is 13.6 Å². The number of carbonyl (C=O) groups is 1. The molecule has 0 saturated carbocycles. The fraction of sp³-hybridized carbons (Fsp3) is 0.588. The smallest absolute Gasteiger partial charge is 0.387 e. The van der Waals surface area contributed by atoms with Gasteiger partial charge in [-0.25, -0.2) is 0 Å². The molecule has 1 aliphatic heterocycles. The number of amides is 1. The summed E-state index contributed by atoms with van der Waals surface area (Å²) in [7, 11) is 0. The number of hydrogen-bond donors (Lipinski definition) is 2. The molecule has 0 bridgehead atoms. The van der Waals surface area contributed by atoms with E-state index in [1.807, 2.05) is 0 Å². The predicted octanol–water partition coefficient (Wildman–Crippen LogP) is 3.58. The van der Waals surface area contributed by atoms with Crippen LogP contribution in [0.2, 0.25) is 5.02 Å². The first-order chi connectivity index (χ1) is 11.5. The molecule has 24 heavy (non-hydrogen) atoms. The summed E-state index contributed by atoms with van der Waals surface area (Å²) >= 11 is 5.89. The molecule has 1 heterocycles. The van der Waals surface area contributed by atoms with Gasteiger partial charge in [0.15, 0.2) is 0 Å². The van der Waals surface area contributed by atoms with Crippen molar-refractivity contribution in [2.45, 2.75) is 39.3 Å². The first kappa shape index (κ1) is 18.9. The molecule has 2 rings (SSSR count). The topological polar surface area (TPSA) is 50.4 Å². The number of rotatable bonds is 7. The van der Waals surface area contributed by atoms with Gasteiger partial charge in [0.1, 0.15) is 5.75 Å². The molecule has 0 aliphatic carbocycles. The molecule has 0 radical (unpaired) electrons. The van der Waals surface area contributed by atoms with Crippen molar-refractivity contribution >= 4 is 17.5 Å². The number of nitrogens with one attached hydrogen (secondary N) is 2. The molecule has 1 aromatic rings. The average Bonchev–Trinajstić information content (AvgIpc) is 2.55. The number of ether oxygens (including phenoxy) is 1. The Balaban J connectivity index is 1.87. The molecule has 1 atom stereocenters. The summed E-state index contributed by atoms with van der Waals surface area (Å²) in [4.78, 5) is 12.1. The number of benzene rings is 1. The molecule has 7 heteroatoms. The van der Waals surface area contributed by atoms with Crippen molar-refractivity contribution in [2.24, 2.45) is 11.8 Å². The van der Waals surface area contributed by atoms with Gasteiger partial charge in [-0.2, -0.15) is 8.78 Å². The zero-order chi connectivity index (χ0) is 17.5. The van der Waals surface area contributed by atoms with Gasteiger partial charge in [-0.05, 0) is 56.0 Å². The minimum absolute atomic E-state index is 0.0288. The van der Waals surface area contributed by atoms with Crippen LogP contribution in [0.5, 0.6) is 5.75 Å². The second kappa shape index (κ2) is 9.18. The van der Waals surface area contributed by atoms with E-state index >= 15 is 0 Å². The maximum absolute atomic E-state index is 12.4. The second-order valence-corrected chi connectivity index (χ2v) is 6.61. The molecule has 1 amide bonds. The zero-order valence-electron chi connectivity index (χ0n) is 13.7. The lowest BCUT2D eigenvalue weighted by molar-refractivity contribution is -0.122. The molecule has 0 spiro atoms. The molecule has 1 aliphatic rings. The largest absolute Gasteiger partial charge is 0.434 e. The third kappa shape index (κ3) is 5.91. The van der Waals surface area contributed by atoms with Crippen LogP contribution >= 0.6 is 11.6 Å². The van der Waals surface area contributed by atoms with Gasteiger partial charge in [-0.3, -0.25) is 4.79 Å². The highest BCUT2D eigenvalue weighted by Gasteiger charge is 2.22. The van der Waals surface area contributed by atoms with E-state index in [-0.39, 0.29) is 18.2 Å². The second-order valence-electron chi connectivity index (χ2n) is 6.18. The molecule has 1 aromatic carbocycles. The Morgan fingerprint density at radius 2 is 2.12 bits per heavy atom. The van der Waals surface area contributed by atoms with Crippen LogP contribution in [-0.2, 0) is 11.3 Å². The van der Waals surface area contributed by atoms with E-state index < -0.39 is 6.61 Å². The van der Waals surface area contributed by atoms with E-state index in [1.54, 1.807) is 0 Å². The lowest BCUT2D eigenvalue weighted by atomic mass is 9.84. The molecule has 134 valence electrons. The fourth-order valence-corrected chi connectivity index (χ4v) is 3.23. The zero-order valence-corrected chi connectivity index (χ0v) is 14.4. The van der Waals surface area contributed by atoms with Gasteiger partial charge in [0.2, 0.25) is 5.91 Å². The van der Waals surface area contributed by atoms with Gasteiger partial charge in [-0.15, -0.1) is 0 Å². The van der Waals surface area contributed by atoms with E-state index in [0.29, 0.717) is 28.8 Å². The Morgan fingerprint density at radius 3 is 2.79 bits per heavy atom. The minimum atomic E-state index is -2.92. The highest BCUT2D eigenvalue weighted by Crippen LogP contribution is 2.26. The summed E-state index contributed by atoms with van der Waals surface area (Å²) < 4.78 is 29.3. The maximum Gasteiger partial charge on any atom is 0.387 e. The first-order valence-corrected chi connectivity index (χ1v) is 8.54. The van der Waals surface area contributed by atoms with Crippen LogP contribution in [0, 0.1) is 11.8 Å². The number of alkyl halides is 2. The summed E-state index contributed by atoms with van der Waals surface area (Å²) in [5.74, 6) is 0.772. The molecular weight excluding hydrogens is 338 g/mol. The first-order valence-electron chi connectivity index (χ1n) is 8.16. The quantitative estimate of drug-likeness (QED) is 0.781. The van der Waals surface area contributed by atoms with Gasteiger partial charge >= 0.3 is 6.61 Å². The van der Waals surface area contributed by atoms with Gasteiger partial charge in [0.25, 0.3) is 0 Å². The highest BCUT2D eigenvalue weighted by molar-refractivity contribution is 6.30. The predicted molar refractivity (Wildman–Crippen MR) is 89.3 cm³/mol. The van der Waals surface area contributed by atoms with E-state index in [1.165, 1.54) is 18.2 Å². The standard InChI is InChI=1S/C17H23ClF2N2O2/c1-11(12-4-6-21-7-5-12)8-16(23)22-10-13-9-14(18)2-3-15(13)24-17(19)20/h2-3,9,11-12,17,21H,4-8,10H2,1H3,(H,22,23). The van der Waals surface area contributed by atoms with Crippen molar-refractivity contribution in [2.75, 3.05) is 13.1 Å². The molecule has 2 N–H and O–H groups in total. The number of hydrogen-bond acceptors (Lipinski definition) is 3. The monoisotopic (exact) mass is 360 g/mol. The van der Waals surface area contributed by atoms with Crippen molar-refractivity contribution in [3.05, 3.63) is 28.8 Å². The van der Waals surface area contributed by atoms with Crippen molar-refractivity contribution < 1.29 is 18.3 Å². The molecule has 1 fully saturated rings. The lowest BCUT2D eigenvalue weighted by Gasteiger charge is -2.27. The van der Waals surface area contributed by atoms with Crippen LogP contribution < -0.4 is 15.4 Å². The van der Waals surface area contributed by atoms with Crippen molar-refractivity contribution in [3.8, 4) is 5.75 Å². The Kier molecular flexibility index (Phi) is 7.24. The molecular formula is C17H23ClF2N2O2. The van der Waals surface area contributed by atoms with Crippen LogP contribution in [0.25, 0.3) is 0 Å². The molecule has 0 aromatic heterocycles. The summed E-state index contributed by atoms with van der Waals surface area (Å²) in [6.07, 6.45) is 2.58. The fourth-order valence-electron chi connectivity index (χ4n) is 3.04. The summed E-state index contributed by atoms with van der Waals surface area (Å²) in [5.41, 5.74) is 0.436. The number of piperidine rings is 1. The van der Waals surface area contributed by atoms with E-state index in [0.717, 1.165) is 25.9 Å². The maximum atomic E-state index is 12.4. The van der Waals surface area contributed by atoms with Gasteiger partial charge in [0, 0.05) is 23.6 Å². The van der Waals surface area contributed by atoms with Crippen LogP contribution in [-0.4, -0.2) is 25.6 Å². The SMILES string of the molecule is CC(CC(=O)NCc1cc(Cl)ccc1OC(F)F)C1CCNCC1. The third-order valence-corrected chi connectivity index (χ3v) is 4.65. The number of carbonyl (C=O) groups excluding carboxylic acids is 1. The van der Waals surface area contributed by atoms with Gasteiger partial charge in [-0.1, -0.05) is 18.5 Å². The Labute approximate surface area is 145 Å². The normalized spacial score (nSPS) is 16.9. The molecule has 1 saturated heterocycles. The third-order valence-electron chi connectivity index (χ3n) is 4.41. The van der Waals surface area contributed by atoms with Crippen molar-refractivity contribution in [3.63, 3.8) is 0 Å². The summed E-state index contributed by atoms with van der Waals surface area (Å²) in [5, 5.41) is 6.49. The van der Waals surface area contributed by atoms with Crippen molar-refractivity contribution in [1.82, 2.24) is 10.6 Å². The lowest BCUT2D eigenvalue weighted by Crippen LogP contribution is -2.33. The van der Waals surface area contributed by atoms with E-state index in [2.05, 4.69) is 22.3 Å². The highest BCUT2D eigenvalue weighted by atomic mass is 35.5. The summed E-state index contributed by atoms with van der Waals surface area (Å²) in [6, 6.07) is 4.38. The molecule has 4 nitrogen and oxygen atoms in total. The number of halogens is 3. The average molecular weight is 361 g/mol. The van der Waals surface area contributed by atoms with Crippen LogP contribution in [0.15, 0.2) is 18.2 Å². The van der Waals surface area contributed by atoms with Gasteiger partial charge < -0.3 is 15.4 Å². The van der Waals surface area contributed by atoms with Crippen LogP contribution in [0.3, 0.4) is 0 Å². The minimum Gasteiger partial charge on any atom is -0.434 e. The van der Waals surface area contributed by atoms with E-state index in [4.69, 9.17) is 11.6 Å². The van der Waals surface area contributed by atoms with Crippen molar-refractivity contribution in [1.29, 1.82) is 0 Å². The summed E-state index contributed by atoms with van der Waals surface area (Å²) in [6.45, 7) is 1.27. The van der Waals surface area contributed by atoms with Gasteiger partial charge in [0.05, 0.1) is 0 Å². The Bertz CT molecular complexity index is 551. The van der Waals surface area contributed by atoms with Crippen LogP contribution in [0.4, 0.5) is 8.78 Å². The van der Waals surface area contributed by atoms with Crippen LogP contribution in [0.1, 0.15) is 31.7 Å².